The van der Waals surface area contributed by atoms with E-state index in [0.29, 0.717) is 0 Å². The third-order valence-corrected chi connectivity index (χ3v) is 7.46. The number of hydrogen-bond acceptors (Lipinski definition) is 4. The molecule has 2 N–H and O–H groups in total. The lowest BCUT2D eigenvalue weighted by Gasteiger charge is -2.26. The molecule has 220 valence electrons. The number of nitrogens with zero attached hydrogens (tertiary/aromatic N) is 2. The van der Waals surface area contributed by atoms with E-state index < -0.39 is 24.3 Å². The highest BCUT2D eigenvalue weighted by Crippen LogP contribution is 2.32. The molecule has 6 aromatic rings. The largest absolute Gasteiger partial charge is 0.386 e. The molecular formula is C38H34N2O4. The first-order valence-electron chi connectivity index (χ1n) is 14.4. The van der Waals surface area contributed by atoms with Crippen LogP contribution in [0.15, 0.2) is 180 Å². The fourth-order valence-corrected chi connectivity index (χ4v) is 5.29. The van der Waals surface area contributed by atoms with E-state index in [9.17, 15) is 19.8 Å². The number of aliphatic hydroxyl groups excluding tert-OH is 2. The van der Waals surface area contributed by atoms with E-state index in [4.69, 9.17) is 0 Å². The molecule has 0 bridgehead atoms. The Kier molecular flexibility index (Phi) is 10.1. The summed E-state index contributed by atoms with van der Waals surface area (Å²) in [7, 11) is 0. The van der Waals surface area contributed by atoms with Crippen molar-refractivity contribution < 1.29 is 10.2 Å². The van der Waals surface area contributed by atoms with Crippen LogP contribution in [-0.2, 0) is 0 Å². The fourth-order valence-electron chi connectivity index (χ4n) is 5.29. The zero-order chi connectivity index (χ0) is 30.7. The van der Waals surface area contributed by atoms with Gasteiger partial charge in [0.15, 0.2) is 0 Å². The maximum Gasteiger partial charge on any atom is 0.251 e. The van der Waals surface area contributed by atoms with Crippen molar-refractivity contribution in [2.75, 3.05) is 0 Å². The predicted octanol–water partition coefficient (Wildman–Crippen LogP) is 6.34. The van der Waals surface area contributed by atoms with E-state index in [1.165, 1.54) is 12.1 Å². The minimum Gasteiger partial charge on any atom is -0.386 e. The van der Waals surface area contributed by atoms with Crippen LogP contribution in [0.5, 0.6) is 0 Å². The van der Waals surface area contributed by atoms with Gasteiger partial charge in [0.25, 0.3) is 11.1 Å². The van der Waals surface area contributed by atoms with Crippen molar-refractivity contribution in [2.24, 2.45) is 0 Å². The molecule has 0 radical (unpaired) electrons. The summed E-state index contributed by atoms with van der Waals surface area (Å²) in [5.74, 6) is 0. The average molecular weight is 583 g/mol. The standard InChI is InChI=1S/2C19H17NO2/c2*21-17-13-7-8-14-20(17)18(15-9-3-1-4-10-15)19(22)16-11-5-2-6-12-16/h2*1-14,18-19,22H/t2*18-,19-/m10/s1. The third kappa shape index (κ3) is 7.18. The summed E-state index contributed by atoms with van der Waals surface area (Å²) >= 11 is 0. The molecule has 0 spiro atoms. The number of aromatic nitrogens is 2. The monoisotopic (exact) mass is 582 g/mol. The average Bonchev–Trinajstić information content (AvgIpc) is 3.09. The van der Waals surface area contributed by atoms with Crippen molar-refractivity contribution in [1.82, 2.24) is 9.13 Å². The summed E-state index contributed by atoms with van der Waals surface area (Å²) in [4.78, 5) is 24.4. The van der Waals surface area contributed by atoms with Crippen molar-refractivity contribution in [3.8, 4) is 0 Å². The first kappa shape index (κ1) is 30.2. The van der Waals surface area contributed by atoms with Crippen LogP contribution < -0.4 is 11.1 Å². The van der Waals surface area contributed by atoms with Crippen LogP contribution in [0.2, 0.25) is 0 Å². The van der Waals surface area contributed by atoms with Gasteiger partial charge in [-0.1, -0.05) is 133 Å². The Balaban J connectivity index is 0.000000175. The van der Waals surface area contributed by atoms with Crippen molar-refractivity contribution in [1.29, 1.82) is 0 Å². The Labute approximate surface area is 256 Å². The predicted molar refractivity (Wildman–Crippen MR) is 173 cm³/mol. The molecule has 0 saturated carbocycles. The van der Waals surface area contributed by atoms with Crippen LogP contribution in [0.1, 0.15) is 46.5 Å². The molecule has 4 aromatic carbocycles. The Hall–Kier alpha value is -5.30. The smallest absolute Gasteiger partial charge is 0.251 e. The second kappa shape index (κ2) is 14.7. The van der Waals surface area contributed by atoms with Gasteiger partial charge in [0.05, 0.1) is 12.1 Å². The van der Waals surface area contributed by atoms with Crippen LogP contribution in [0.3, 0.4) is 0 Å². The highest BCUT2D eigenvalue weighted by atomic mass is 16.3. The fraction of sp³-hybridized carbons (Fsp3) is 0.105. The summed E-state index contributed by atoms with van der Waals surface area (Å²) in [5.41, 5.74) is 3.09. The zero-order valence-electron chi connectivity index (χ0n) is 24.1. The van der Waals surface area contributed by atoms with Crippen molar-refractivity contribution in [3.05, 3.63) is 213 Å². The normalized spacial score (nSPS) is 13.5. The maximum absolute atomic E-state index is 12.2. The molecule has 2 aromatic heterocycles. The highest BCUT2D eigenvalue weighted by Gasteiger charge is 2.26. The van der Waals surface area contributed by atoms with E-state index in [0.717, 1.165) is 22.3 Å². The molecule has 0 fully saturated rings. The number of benzene rings is 4. The molecule has 6 heteroatoms. The lowest BCUT2D eigenvalue weighted by Crippen LogP contribution is -2.28. The molecule has 4 atom stereocenters. The van der Waals surface area contributed by atoms with Crippen LogP contribution >= 0.6 is 0 Å². The molecule has 0 unspecified atom stereocenters. The van der Waals surface area contributed by atoms with Crippen molar-refractivity contribution >= 4 is 0 Å². The molecule has 6 rings (SSSR count). The molecule has 0 aliphatic rings. The summed E-state index contributed by atoms with van der Waals surface area (Å²) < 4.78 is 3.15. The van der Waals surface area contributed by atoms with Gasteiger partial charge in [-0.15, -0.1) is 0 Å². The van der Waals surface area contributed by atoms with E-state index in [2.05, 4.69) is 0 Å². The molecule has 0 aliphatic heterocycles. The zero-order valence-corrected chi connectivity index (χ0v) is 24.1. The molecule has 0 saturated heterocycles. The minimum atomic E-state index is -0.802. The van der Waals surface area contributed by atoms with E-state index in [-0.39, 0.29) is 11.1 Å². The van der Waals surface area contributed by atoms with Gasteiger partial charge in [0, 0.05) is 24.5 Å². The Morgan fingerprint density at radius 2 is 0.636 bits per heavy atom. The highest BCUT2D eigenvalue weighted by molar-refractivity contribution is 5.29. The number of pyridine rings is 2. The third-order valence-electron chi connectivity index (χ3n) is 7.46. The van der Waals surface area contributed by atoms with Crippen LogP contribution in [-0.4, -0.2) is 19.3 Å². The first-order chi connectivity index (χ1) is 21.5. The number of hydrogen-bond donors (Lipinski definition) is 2. The topological polar surface area (TPSA) is 84.5 Å². The van der Waals surface area contributed by atoms with E-state index in [1.54, 1.807) is 45.8 Å². The van der Waals surface area contributed by atoms with Crippen LogP contribution in [0, 0.1) is 0 Å². The lowest BCUT2D eigenvalue weighted by atomic mass is 9.95. The Morgan fingerprint density at radius 1 is 0.364 bits per heavy atom. The van der Waals surface area contributed by atoms with Crippen molar-refractivity contribution in [3.63, 3.8) is 0 Å². The van der Waals surface area contributed by atoms with Gasteiger partial charge in [-0.25, -0.2) is 0 Å². The summed E-state index contributed by atoms with van der Waals surface area (Å²) in [6, 6.07) is 47.1. The number of aliphatic hydroxyl groups is 2. The molecule has 2 heterocycles. The second-order valence-electron chi connectivity index (χ2n) is 10.3. The SMILES string of the molecule is O=c1ccccn1[C@@H](c1ccccc1)[C@@H](O)c1ccccc1.O=c1ccccn1[C@H](c1ccccc1)[C@H](O)c1ccccc1. The summed E-state index contributed by atoms with van der Waals surface area (Å²) in [6.45, 7) is 0. The molecule has 0 amide bonds. The van der Waals surface area contributed by atoms with Gasteiger partial charge in [-0.05, 0) is 34.4 Å². The van der Waals surface area contributed by atoms with E-state index in [1.807, 2.05) is 121 Å². The molecule has 44 heavy (non-hydrogen) atoms. The van der Waals surface area contributed by atoms with Gasteiger partial charge < -0.3 is 19.3 Å². The van der Waals surface area contributed by atoms with Crippen LogP contribution in [0.4, 0.5) is 0 Å². The van der Waals surface area contributed by atoms with Crippen LogP contribution in [0.25, 0.3) is 0 Å². The molecule has 6 nitrogen and oxygen atoms in total. The van der Waals surface area contributed by atoms with Gasteiger partial charge in [-0.3, -0.25) is 9.59 Å². The van der Waals surface area contributed by atoms with Crippen molar-refractivity contribution in [2.45, 2.75) is 24.3 Å². The Morgan fingerprint density at radius 3 is 0.932 bits per heavy atom. The summed E-state index contributed by atoms with van der Waals surface area (Å²) in [5, 5.41) is 21.7. The molecule has 0 aliphatic carbocycles. The maximum atomic E-state index is 12.2. The van der Waals surface area contributed by atoms with Gasteiger partial charge in [0.2, 0.25) is 0 Å². The Bertz CT molecular complexity index is 1700. The first-order valence-corrected chi connectivity index (χ1v) is 14.4. The summed E-state index contributed by atoms with van der Waals surface area (Å²) in [6.07, 6.45) is 1.82. The second-order valence-corrected chi connectivity index (χ2v) is 10.3. The quantitative estimate of drug-likeness (QED) is 0.219. The number of rotatable bonds is 8. The lowest BCUT2D eigenvalue weighted by molar-refractivity contribution is 0.129. The molecular weight excluding hydrogens is 548 g/mol. The minimum absolute atomic E-state index is 0.133. The van der Waals surface area contributed by atoms with E-state index >= 15 is 0 Å². The van der Waals surface area contributed by atoms with Gasteiger partial charge >= 0.3 is 0 Å². The van der Waals surface area contributed by atoms with Gasteiger partial charge in [0.1, 0.15) is 12.2 Å². The van der Waals surface area contributed by atoms with Gasteiger partial charge in [-0.2, -0.15) is 0 Å².